The van der Waals surface area contributed by atoms with E-state index in [0.29, 0.717) is 0 Å². The lowest BCUT2D eigenvalue weighted by atomic mass is 9.96. The number of hydrogen-bond donors (Lipinski definition) is 2. The topological polar surface area (TPSA) is 47.3 Å². The molecule has 0 aliphatic heterocycles. The van der Waals surface area contributed by atoms with E-state index in [1.54, 1.807) is 7.11 Å². The van der Waals surface area contributed by atoms with E-state index < -0.39 is 0 Å². The van der Waals surface area contributed by atoms with Gasteiger partial charge in [-0.2, -0.15) is 0 Å². The summed E-state index contributed by atoms with van der Waals surface area (Å²) in [5.74, 6) is 7.50. The smallest absolute Gasteiger partial charge is 0.126 e. The second kappa shape index (κ2) is 5.07. The van der Waals surface area contributed by atoms with Crippen LogP contribution in [-0.2, 0) is 0 Å². The van der Waals surface area contributed by atoms with Crippen LogP contribution in [0.1, 0.15) is 42.0 Å². The average molecular weight is 234 g/mol. The van der Waals surface area contributed by atoms with Gasteiger partial charge >= 0.3 is 0 Å². The Morgan fingerprint density at radius 1 is 1.41 bits per heavy atom. The van der Waals surface area contributed by atoms with Gasteiger partial charge in [-0.15, -0.1) is 0 Å². The molecular weight excluding hydrogens is 212 g/mol. The predicted octanol–water partition coefficient (Wildman–Crippen LogP) is 2.62. The molecule has 1 aromatic carbocycles. The van der Waals surface area contributed by atoms with Crippen molar-refractivity contribution in [1.82, 2.24) is 5.43 Å². The first kappa shape index (κ1) is 12.4. The van der Waals surface area contributed by atoms with E-state index in [1.165, 1.54) is 29.5 Å². The summed E-state index contributed by atoms with van der Waals surface area (Å²) >= 11 is 0. The van der Waals surface area contributed by atoms with Crippen LogP contribution in [0.3, 0.4) is 0 Å². The molecule has 0 heterocycles. The Morgan fingerprint density at radius 2 is 2.12 bits per heavy atom. The van der Waals surface area contributed by atoms with Crippen LogP contribution in [0.2, 0.25) is 0 Å². The van der Waals surface area contributed by atoms with Crippen LogP contribution in [0.5, 0.6) is 5.75 Å². The van der Waals surface area contributed by atoms with E-state index in [1.807, 2.05) is 0 Å². The molecule has 1 aliphatic carbocycles. The van der Waals surface area contributed by atoms with Gasteiger partial charge in [0, 0.05) is 11.6 Å². The number of methoxy groups -OCH3 is 1. The molecule has 0 saturated heterocycles. The van der Waals surface area contributed by atoms with Gasteiger partial charge in [0.2, 0.25) is 0 Å². The molecule has 1 aliphatic rings. The minimum absolute atomic E-state index is 0.205. The van der Waals surface area contributed by atoms with Crippen molar-refractivity contribution in [1.29, 1.82) is 0 Å². The van der Waals surface area contributed by atoms with Gasteiger partial charge < -0.3 is 4.74 Å². The molecule has 3 N–H and O–H groups in total. The quantitative estimate of drug-likeness (QED) is 0.608. The molecule has 1 aromatic rings. The van der Waals surface area contributed by atoms with E-state index in [2.05, 4.69) is 31.4 Å². The monoisotopic (exact) mass is 234 g/mol. The zero-order valence-electron chi connectivity index (χ0n) is 10.9. The molecular formula is C14H22N2O. The summed E-state index contributed by atoms with van der Waals surface area (Å²) in [6, 6.07) is 4.48. The first-order chi connectivity index (χ1) is 8.17. The third-order valence-corrected chi connectivity index (χ3v) is 3.75. The van der Waals surface area contributed by atoms with Gasteiger partial charge in [-0.25, -0.2) is 0 Å². The molecule has 0 amide bonds. The van der Waals surface area contributed by atoms with E-state index in [9.17, 15) is 0 Å². The fourth-order valence-electron chi connectivity index (χ4n) is 2.33. The van der Waals surface area contributed by atoms with E-state index in [0.717, 1.165) is 18.1 Å². The largest absolute Gasteiger partial charge is 0.496 e. The molecule has 0 bridgehead atoms. The second-order valence-corrected chi connectivity index (χ2v) is 5.03. The van der Waals surface area contributed by atoms with Crippen molar-refractivity contribution in [2.24, 2.45) is 11.8 Å². The standard InChI is InChI=1S/C14H22N2O/c1-9-4-7-12(14(17-3)10(9)2)13(16-15)8-11-5-6-11/h4,7,11,13,16H,5-6,8,15H2,1-3H3. The summed E-state index contributed by atoms with van der Waals surface area (Å²) < 4.78 is 5.55. The lowest BCUT2D eigenvalue weighted by Crippen LogP contribution is -2.29. The van der Waals surface area contributed by atoms with Crippen molar-refractivity contribution < 1.29 is 4.74 Å². The molecule has 1 saturated carbocycles. The fraction of sp³-hybridized carbons (Fsp3) is 0.571. The zero-order chi connectivity index (χ0) is 12.4. The van der Waals surface area contributed by atoms with E-state index >= 15 is 0 Å². The van der Waals surface area contributed by atoms with E-state index in [-0.39, 0.29) is 6.04 Å². The SMILES string of the molecule is COc1c(C(CC2CC2)NN)ccc(C)c1C. The highest BCUT2D eigenvalue weighted by molar-refractivity contribution is 5.46. The van der Waals surface area contributed by atoms with Gasteiger partial charge in [0.15, 0.2) is 0 Å². The van der Waals surface area contributed by atoms with Crippen LogP contribution in [0, 0.1) is 19.8 Å². The van der Waals surface area contributed by atoms with Crippen molar-refractivity contribution in [2.75, 3.05) is 7.11 Å². The Kier molecular flexibility index (Phi) is 3.69. The second-order valence-electron chi connectivity index (χ2n) is 5.03. The predicted molar refractivity (Wildman–Crippen MR) is 69.9 cm³/mol. The van der Waals surface area contributed by atoms with Crippen LogP contribution < -0.4 is 16.0 Å². The molecule has 1 unspecified atom stereocenters. The fourth-order valence-corrected chi connectivity index (χ4v) is 2.33. The number of aryl methyl sites for hydroxylation is 1. The Bertz CT molecular complexity index is 399. The number of nitrogens with one attached hydrogen (secondary N) is 1. The molecule has 0 spiro atoms. The van der Waals surface area contributed by atoms with Gasteiger partial charge in [0.25, 0.3) is 0 Å². The maximum absolute atomic E-state index is 5.69. The molecule has 0 radical (unpaired) electrons. The maximum Gasteiger partial charge on any atom is 0.126 e. The third kappa shape index (κ3) is 2.61. The molecule has 1 fully saturated rings. The highest BCUT2D eigenvalue weighted by atomic mass is 16.5. The molecule has 17 heavy (non-hydrogen) atoms. The highest BCUT2D eigenvalue weighted by Gasteiger charge is 2.27. The first-order valence-electron chi connectivity index (χ1n) is 6.27. The van der Waals surface area contributed by atoms with Crippen LogP contribution in [0.25, 0.3) is 0 Å². The Morgan fingerprint density at radius 3 is 2.65 bits per heavy atom. The van der Waals surface area contributed by atoms with Crippen LogP contribution in [-0.4, -0.2) is 7.11 Å². The van der Waals surface area contributed by atoms with Crippen molar-refractivity contribution >= 4 is 0 Å². The number of nitrogens with two attached hydrogens (primary N) is 1. The lowest BCUT2D eigenvalue weighted by Gasteiger charge is -2.21. The van der Waals surface area contributed by atoms with E-state index in [4.69, 9.17) is 10.6 Å². The van der Waals surface area contributed by atoms with Crippen LogP contribution >= 0.6 is 0 Å². The van der Waals surface area contributed by atoms with Gasteiger partial charge in [0.05, 0.1) is 7.11 Å². The molecule has 0 aromatic heterocycles. The summed E-state index contributed by atoms with van der Waals surface area (Å²) in [4.78, 5) is 0. The minimum Gasteiger partial charge on any atom is -0.496 e. The minimum atomic E-state index is 0.205. The van der Waals surface area contributed by atoms with Gasteiger partial charge in [0.1, 0.15) is 5.75 Å². The molecule has 1 atom stereocenters. The average Bonchev–Trinajstić information content (AvgIpc) is 3.13. The Labute approximate surface area is 103 Å². The van der Waals surface area contributed by atoms with Crippen molar-refractivity contribution in [3.05, 3.63) is 28.8 Å². The zero-order valence-corrected chi connectivity index (χ0v) is 10.9. The third-order valence-electron chi connectivity index (χ3n) is 3.75. The highest BCUT2D eigenvalue weighted by Crippen LogP contribution is 2.40. The van der Waals surface area contributed by atoms with Gasteiger partial charge in [-0.1, -0.05) is 25.0 Å². The first-order valence-corrected chi connectivity index (χ1v) is 6.27. The molecule has 2 rings (SSSR count). The number of benzene rings is 1. The van der Waals surface area contributed by atoms with Crippen molar-refractivity contribution in [2.45, 2.75) is 39.2 Å². The number of hydrazine groups is 1. The molecule has 3 nitrogen and oxygen atoms in total. The van der Waals surface area contributed by atoms with Gasteiger partial charge in [-0.05, 0) is 37.3 Å². The van der Waals surface area contributed by atoms with Crippen LogP contribution in [0.4, 0.5) is 0 Å². The summed E-state index contributed by atoms with van der Waals surface area (Å²) in [5, 5.41) is 0. The maximum atomic E-state index is 5.69. The summed E-state index contributed by atoms with van der Waals surface area (Å²) in [5.41, 5.74) is 6.58. The van der Waals surface area contributed by atoms with Crippen LogP contribution in [0.15, 0.2) is 12.1 Å². The number of rotatable bonds is 5. The normalized spacial score (nSPS) is 16.9. The molecule has 3 heteroatoms. The number of hydrogen-bond acceptors (Lipinski definition) is 3. The number of ether oxygens (including phenoxy) is 1. The van der Waals surface area contributed by atoms with Gasteiger partial charge in [-0.3, -0.25) is 11.3 Å². The summed E-state index contributed by atoms with van der Waals surface area (Å²) in [6.07, 6.45) is 3.78. The lowest BCUT2D eigenvalue weighted by molar-refractivity contribution is 0.389. The summed E-state index contributed by atoms with van der Waals surface area (Å²) in [7, 11) is 1.73. The Hall–Kier alpha value is -1.06. The van der Waals surface area contributed by atoms with Crippen molar-refractivity contribution in [3.8, 4) is 5.75 Å². The van der Waals surface area contributed by atoms with Crippen molar-refractivity contribution in [3.63, 3.8) is 0 Å². The Balaban J connectivity index is 2.30. The molecule has 94 valence electrons. The summed E-state index contributed by atoms with van der Waals surface area (Å²) in [6.45, 7) is 4.20.